The predicted octanol–water partition coefficient (Wildman–Crippen LogP) is 3.83. The molecule has 9 heteroatoms. The summed E-state index contributed by atoms with van der Waals surface area (Å²) in [5.74, 6) is 1.33. The van der Waals surface area contributed by atoms with Crippen LogP contribution in [0.4, 0.5) is 10.5 Å². The molecular weight excluding hydrogens is 410 g/mol. The first kappa shape index (κ1) is 19.0. The number of hydrogen-bond acceptors (Lipinski definition) is 5. The highest BCUT2D eigenvalue weighted by Crippen LogP contribution is 2.27. The third-order valence-electron chi connectivity index (χ3n) is 3.93. The molecule has 0 aliphatic heterocycles. The Balaban J connectivity index is 1.69. The first-order valence-corrected chi connectivity index (χ1v) is 9.29. The lowest BCUT2D eigenvalue weighted by Crippen LogP contribution is -2.32. The fourth-order valence-corrected chi connectivity index (χ4v) is 3.44. The van der Waals surface area contributed by atoms with E-state index >= 15 is 0 Å². The molecule has 0 unspecified atom stereocenters. The van der Waals surface area contributed by atoms with E-state index in [1.165, 1.54) is 16.6 Å². The van der Waals surface area contributed by atoms with Crippen molar-refractivity contribution in [3.63, 3.8) is 0 Å². The van der Waals surface area contributed by atoms with Crippen LogP contribution in [0.2, 0.25) is 0 Å². The predicted molar refractivity (Wildman–Crippen MR) is 106 cm³/mol. The standard InChI is InChI=1S/C18H20BrN7O/c1-11(2)14-6-5-13(9-15(14)19)25-18(27)24-12(3)16-22-10-23-26(16)17-20-7-4-8-21-17/h4-12H,1-3H3,(H2,24,25,27)/t12-/m0/s1. The number of hydrogen-bond donors (Lipinski definition) is 2. The lowest BCUT2D eigenvalue weighted by Gasteiger charge is -2.15. The Labute approximate surface area is 165 Å². The number of nitrogens with one attached hydrogen (secondary N) is 2. The van der Waals surface area contributed by atoms with Crippen molar-refractivity contribution in [2.75, 3.05) is 5.32 Å². The Hall–Kier alpha value is -2.81. The third kappa shape index (κ3) is 4.48. The van der Waals surface area contributed by atoms with Crippen molar-refractivity contribution < 1.29 is 4.79 Å². The summed E-state index contributed by atoms with van der Waals surface area (Å²) in [6.45, 7) is 6.06. The summed E-state index contributed by atoms with van der Waals surface area (Å²) < 4.78 is 2.46. The van der Waals surface area contributed by atoms with Crippen LogP contribution in [-0.4, -0.2) is 30.8 Å². The van der Waals surface area contributed by atoms with Gasteiger partial charge in [-0.25, -0.2) is 19.7 Å². The highest BCUT2D eigenvalue weighted by atomic mass is 79.9. The highest BCUT2D eigenvalue weighted by molar-refractivity contribution is 9.10. The number of halogens is 1. The van der Waals surface area contributed by atoms with Crippen molar-refractivity contribution in [1.82, 2.24) is 30.0 Å². The van der Waals surface area contributed by atoms with E-state index in [1.807, 2.05) is 25.1 Å². The molecule has 0 aliphatic rings. The van der Waals surface area contributed by atoms with Crippen LogP contribution in [0.15, 0.2) is 47.5 Å². The van der Waals surface area contributed by atoms with Gasteiger partial charge in [0.1, 0.15) is 6.33 Å². The molecule has 3 rings (SSSR count). The van der Waals surface area contributed by atoms with Crippen LogP contribution in [0.1, 0.15) is 44.1 Å². The number of carbonyl (C=O) groups excluding carboxylic acids is 1. The van der Waals surface area contributed by atoms with Crippen LogP contribution >= 0.6 is 15.9 Å². The molecule has 2 amide bonds. The number of rotatable bonds is 5. The van der Waals surface area contributed by atoms with E-state index in [1.54, 1.807) is 18.5 Å². The number of benzene rings is 1. The van der Waals surface area contributed by atoms with Gasteiger partial charge in [-0.15, -0.1) is 0 Å². The zero-order chi connectivity index (χ0) is 19.4. The third-order valence-corrected chi connectivity index (χ3v) is 4.62. The minimum atomic E-state index is -0.394. The molecule has 0 bridgehead atoms. The summed E-state index contributed by atoms with van der Waals surface area (Å²) in [6.07, 6.45) is 4.65. The number of aromatic nitrogens is 5. The van der Waals surface area contributed by atoms with Gasteiger partial charge in [0.05, 0.1) is 6.04 Å². The van der Waals surface area contributed by atoms with Crippen molar-refractivity contribution in [2.24, 2.45) is 0 Å². The van der Waals surface area contributed by atoms with Gasteiger partial charge in [0.25, 0.3) is 5.95 Å². The van der Waals surface area contributed by atoms with Gasteiger partial charge < -0.3 is 10.6 Å². The molecule has 3 aromatic rings. The van der Waals surface area contributed by atoms with Gasteiger partial charge >= 0.3 is 6.03 Å². The SMILES string of the molecule is CC(C)c1ccc(NC(=O)N[C@@H](C)c2ncnn2-c2ncccn2)cc1Br. The van der Waals surface area contributed by atoms with Crippen molar-refractivity contribution in [1.29, 1.82) is 0 Å². The van der Waals surface area contributed by atoms with Gasteiger partial charge in [-0.1, -0.05) is 35.8 Å². The molecule has 1 atom stereocenters. The number of amides is 2. The molecule has 0 saturated heterocycles. The number of urea groups is 1. The molecule has 0 spiro atoms. The maximum Gasteiger partial charge on any atom is 0.319 e. The minimum Gasteiger partial charge on any atom is -0.328 e. The summed E-state index contributed by atoms with van der Waals surface area (Å²) >= 11 is 3.55. The van der Waals surface area contributed by atoms with E-state index in [-0.39, 0.29) is 6.03 Å². The maximum absolute atomic E-state index is 12.4. The molecule has 0 saturated carbocycles. The van der Waals surface area contributed by atoms with Crippen molar-refractivity contribution in [3.8, 4) is 5.95 Å². The lowest BCUT2D eigenvalue weighted by atomic mass is 10.0. The van der Waals surface area contributed by atoms with Crippen LogP contribution in [0.3, 0.4) is 0 Å². The van der Waals surface area contributed by atoms with Crippen LogP contribution in [0.5, 0.6) is 0 Å². The van der Waals surface area contributed by atoms with Crippen LogP contribution in [0, 0.1) is 0 Å². The highest BCUT2D eigenvalue weighted by Gasteiger charge is 2.18. The Kier molecular flexibility index (Phi) is 5.80. The van der Waals surface area contributed by atoms with Crippen molar-refractivity contribution >= 4 is 27.6 Å². The minimum absolute atomic E-state index is 0.338. The van der Waals surface area contributed by atoms with Crippen LogP contribution in [-0.2, 0) is 0 Å². The molecule has 2 N–H and O–H groups in total. The quantitative estimate of drug-likeness (QED) is 0.641. The second kappa shape index (κ2) is 8.26. The average molecular weight is 430 g/mol. The summed E-state index contributed by atoms with van der Waals surface area (Å²) in [6, 6.07) is 6.75. The molecular formula is C18H20BrN7O. The average Bonchev–Trinajstić information content (AvgIpc) is 3.12. The second-order valence-corrected chi connectivity index (χ2v) is 7.14. The van der Waals surface area contributed by atoms with E-state index < -0.39 is 6.04 Å². The van der Waals surface area contributed by atoms with Gasteiger partial charge in [-0.05, 0) is 36.6 Å². The Bertz CT molecular complexity index is 926. The first-order chi connectivity index (χ1) is 13.0. The van der Waals surface area contributed by atoms with Crippen molar-refractivity contribution in [2.45, 2.75) is 32.7 Å². The molecule has 0 fully saturated rings. The first-order valence-electron chi connectivity index (χ1n) is 8.50. The van der Waals surface area contributed by atoms with E-state index in [0.717, 1.165) is 4.47 Å². The second-order valence-electron chi connectivity index (χ2n) is 6.29. The molecule has 0 aliphatic carbocycles. The summed E-state index contributed by atoms with van der Waals surface area (Å²) in [5, 5.41) is 9.82. The number of carbonyl (C=O) groups is 1. The number of nitrogens with zero attached hydrogens (tertiary/aromatic N) is 5. The fraction of sp³-hybridized carbons (Fsp3) is 0.278. The van der Waals surface area contributed by atoms with Gasteiger partial charge in [-0.3, -0.25) is 0 Å². The molecule has 2 aromatic heterocycles. The molecule has 2 heterocycles. The number of anilines is 1. The van der Waals surface area contributed by atoms with Gasteiger partial charge in [0.2, 0.25) is 0 Å². The van der Waals surface area contributed by atoms with Crippen molar-refractivity contribution in [3.05, 3.63) is 58.8 Å². The van der Waals surface area contributed by atoms with E-state index in [4.69, 9.17) is 0 Å². The Morgan fingerprint density at radius 2 is 1.89 bits per heavy atom. The molecule has 0 radical (unpaired) electrons. The van der Waals surface area contributed by atoms with Gasteiger partial charge in [-0.2, -0.15) is 9.78 Å². The normalized spacial score (nSPS) is 12.0. The molecule has 27 heavy (non-hydrogen) atoms. The van der Waals surface area contributed by atoms with Crippen LogP contribution in [0.25, 0.3) is 5.95 Å². The Morgan fingerprint density at radius 3 is 2.56 bits per heavy atom. The lowest BCUT2D eigenvalue weighted by molar-refractivity contribution is 0.248. The monoisotopic (exact) mass is 429 g/mol. The van der Waals surface area contributed by atoms with Gasteiger partial charge in [0, 0.05) is 22.6 Å². The molecule has 140 valence electrons. The van der Waals surface area contributed by atoms with E-state index in [0.29, 0.717) is 23.4 Å². The zero-order valence-corrected chi connectivity index (χ0v) is 16.8. The summed E-state index contributed by atoms with van der Waals surface area (Å²) in [5.41, 5.74) is 1.88. The zero-order valence-electron chi connectivity index (χ0n) is 15.2. The molecule has 8 nitrogen and oxygen atoms in total. The Morgan fingerprint density at radius 1 is 1.15 bits per heavy atom. The fourth-order valence-electron chi connectivity index (χ4n) is 2.60. The summed E-state index contributed by atoms with van der Waals surface area (Å²) in [7, 11) is 0. The van der Waals surface area contributed by atoms with Gasteiger partial charge in [0.15, 0.2) is 5.82 Å². The van der Waals surface area contributed by atoms with E-state index in [2.05, 4.69) is 60.5 Å². The topological polar surface area (TPSA) is 97.6 Å². The van der Waals surface area contributed by atoms with Crippen LogP contribution < -0.4 is 10.6 Å². The van der Waals surface area contributed by atoms with E-state index in [9.17, 15) is 4.79 Å². The smallest absolute Gasteiger partial charge is 0.319 e. The maximum atomic E-state index is 12.4. The largest absolute Gasteiger partial charge is 0.328 e. The molecule has 1 aromatic carbocycles. The summed E-state index contributed by atoms with van der Waals surface area (Å²) in [4.78, 5) is 24.9.